The van der Waals surface area contributed by atoms with Gasteiger partial charge in [-0.05, 0) is 29.8 Å². The Morgan fingerprint density at radius 1 is 1.35 bits per heavy atom. The van der Waals surface area contributed by atoms with Crippen LogP contribution in [-0.2, 0) is 0 Å². The van der Waals surface area contributed by atoms with E-state index in [1.165, 1.54) is 11.3 Å². The first-order valence-electron chi connectivity index (χ1n) is 4.76. The van der Waals surface area contributed by atoms with E-state index in [1.807, 2.05) is 18.2 Å². The normalized spacial score (nSPS) is 9.59. The van der Waals surface area contributed by atoms with Crippen LogP contribution in [0.15, 0.2) is 36.4 Å². The highest BCUT2D eigenvalue weighted by Gasteiger charge is 2.06. The first kappa shape index (κ1) is 11.2. The molecule has 0 aliphatic carbocycles. The molecule has 1 aromatic heterocycles. The molecule has 0 spiro atoms. The summed E-state index contributed by atoms with van der Waals surface area (Å²) >= 11 is 1.30. The van der Waals surface area contributed by atoms with E-state index < -0.39 is 6.09 Å². The average molecular weight is 244 g/mol. The summed E-state index contributed by atoms with van der Waals surface area (Å²) in [6.07, 6.45) is -0.829. The molecule has 2 rings (SSSR count). The molecule has 0 aliphatic rings. The number of nitrogens with zero attached hydrogens (tertiary/aromatic N) is 1. The van der Waals surface area contributed by atoms with Crippen LogP contribution in [0.4, 0.5) is 4.79 Å². The number of nitrogens with two attached hydrogens (primary N) is 1. The van der Waals surface area contributed by atoms with E-state index in [-0.39, 0.29) is 0 Å². The SMILES string of the molecule is N#Cc1cccc(-c2ccc(OC(N)=O)s2)c1. The quantitative estimate of drug-likeness (QED) is 0.882. The Bertz CT molecular complexity index is 599. The van der Waals surface area contributed by atoms with Crippen molar-refractivity contribution >= 4 is 17.4 Å². The standard InChI is InChI=1S/C12H8N2O2S/c13-7-8-2-1-3-9(6-8)10-4-5-11(17-10)16-12(14)15/h1-6H,(H2,14,15). The number of hydrogen-bond acceptors (Lipinski definition) is 4. The first-order valence-corrected chi connectivity index (χ1v) is 5.58. The number of hydrogen-bond donors (Lipinski definition) is 1. The van der Waals surface area contributed by atoms with Crippen LogP contribution in [-0.4, -0.2) is 6.09 Å². The second-order valence-electron chi connectivity index (χ2n) is 3.23. The molecule has 4 nitrogen and oxygen atoms in total. The summed E-state index contributed by atoms with van der Waals surface area (Å²) in [7, 11) is 0. The predicted octanol–water partition coefficient (Wildman–Crippen LogP) is 2.74. The molecule has 0 fully saturated rings. The van der Waals surface area contributed by atoms with Crippen LogP contribution in [0.3, 0.4) is 0 Å². The van der Waals surface area contributed by atoms with Crippen LogP contribution in [0.2, 0.25) is 0 Å². The van der Waals surface area contributed by atoms with Crippen molar-refractivity contribution in [1.29, 1.82) is 5.26 Å². The lowest BCUT2D eigenvalue weighted by molar-refractivity contribution is 0.212. The maximum Gasteiger partial charge on any atom is 0.410 e. The number of ether oxygens (including phenoxy) is 1. The van der Waals surface area contributed by atoms with Gasteiger partial charge in [0.25, 0.3) is 0 Å². The number of thiophene rings is 1. The second-order valence-corrected chi connectivity index (χ2v) is 4.28. The largest absolute Gasteiger partial charge is 0.410 e. The van der Waals surface area contributed by atoms with E-state index in [0.717, 1.165) is 10.4 Å². The molecule has 0 radical (unpaired) electrons. The predicted molar refractivity (Wildman–Crippen MR) is 64.7 cm³/mol. The zero-order valence-corrected chi connectivity index (χ0v) is 9.53. The van der Waals surface area contributed by atoms with Gasteiger partial charge in [0.2, 0.25) is 0 Å². The van der Waals surface area contributed by atoms with Gasteiger partial charge in [0.15, 0.2) is 5.06 Å². The van der Waals surface area contributed by atoms with Crippen molar-refractivity contribution < 1.29 is 9.53 Å². The first-order chi connectivity index (χ1) is 8.19. The Morgan fingerprint density at radius 3 is 2.88 bits per heavy atom. The highest BCUT2D eigenvalue weighted by molar-refractivity contribution is 7.17. The van der Waals surface area contributed by atoms with Crippen molar-refractivity contribution in [3.8, 4) is 21.6 Å². The maximum atomic E-state index is 10.6. The summed E-state index contributed by atoms with van der Waals surface area (Å²) in [5, 5.41) is 9.24. The number of nitriles is 1. The van der Waals surface area contributed by atoms with E-state index in [2.05, 4.69) is 6.07 Å². The molecule has 0 saturated heterocycles. The molecular formula is C12H8N2O2S. The number of carbonyl (C=O) groups excluding carboxylic acids is 1. The van der Waals surface area contributed by atoms with Gasteiger partial charge < -0.3 is 10.5 Å². The Hall–Kier alpha value is -2.32. The van der Waals surface area contributed by atoms with Gasteiger partial charge in [-0.3, -0.25) is 0 Å². The Balaban J connectivity index is 2.30. The second kappa shape index (κ2) is 4.68. The zero-order valence-electron chi connectivity index (χ0n) is 8.71. The van der Waals surface area contributed by atoms with Gasteiger partial charge in [-0.15, -0.1) is 0 Å². The molecule has 0 saturated carbocycles. The highest BCUT2D eigenvalue weighted by atomic mass is 32.1. The minimum atomic E-state index is -0.829. The van der Waals surface area contributed by atoms with Crippen molar-refractivity contribution in [1.82, 2.24) is 0 Å². The number of amides is 1. The fourth-order valence-corrected chi connectivity index (χ4v) is 2.23. The van der Waals surface area contributed by atoms with Gasteiger partial charge in [0.1, 0.15) is 0 Å². The van der Waals surface area contributed by atoms with E-state index >= 15 is 0 Å². The number of primary amides is 1. The van der Waals surface area contributed by atoms with Gasteiger partial charge in [-0.25, -0.2) is 4.79 Å². The number of rotatable bonds is 2. The van der Waals surface area contributed by atoms with Crippen molar-refractivity contribution in [2.75, 3.05) is 0 Å². The monoisotopic (exact) mass is 244 g/mol. The fourth-order valence-electron chi connectivity index (χ4n) is 1.37. The van der Waals surface area contributed by atoms with Crippen molar-refractivity contribution in [3.63, 3.8) is 0 Å². The third-order valence-corrected chi connectivity index (χ3v) is 3.07. The molecule has 0 bridgehead atoms. The topological polar surface area (TPSA) is 76.1 Å². The highest BCUT2D eigenvalue weighted by Crippen LogP contribution is 2.33. The molecule has 84 valence electrons. The van der Waals surface area contributed by atoms with Crippen molar-refractivity contribution in [2.45, 2.75) is 0 Å². The lowest BCUT2D eigenvalue weighted by Crippen LogP contribution is -2.15. The van der Waals surface area contributed by atoms with Gasteiger partial charge in [0, 0.05) is 4.88 Å². The molecule has 1 amide bonds. The third-order valence-electron chi connectivity index (χ3n) is 2.06. The van der Waals surface area contributed by atoms with Gasteiger partial charge in [-0.1, -0.05) is 23.5 Å². The Morgan fingerprint density at radius 2 is 2.18 bits per heavy atom. The summed E-state index contributed by atoms with van der Waals surface area (Å²) in [4.78, 5) is 11.5. The molecule has 2 aromatic rings. The van der Waals surface area contributed by atoms with Gasteiger partial charge in [0.05, 0.1) is 11.6 Å². The molecule has 1 heterocycles. The van der Waals surface area contributed by atoms with Gasteiger partial charge in [-0.2, -0.15) is 5.26 Å². The molecule has 5 heteroatoms. The van der Waals surface area contributed by atoms with Crippen LogP contribution in [0.1, 0.15) is 5.56 Å². The van der Waals surface area contributed by atoms with Crippen molar-refractivity contribution in [3.05, 3.63) is 42.0 Å². The molecule has 0 atom stereocenters. The van der Waals surface area contributed by atoms with Crippen LogP contribution >= 0.6 is 11.3 Å². The summed E-state index contributed by atoms with van der Waals surface area (Å²) < 4.78 is 4.77. The Kier molecular flexibility index (Phi) is 3.08. The van der Waals surface area contributed by atoms with Crippen LogP contribution < -0.4 is 10.5 Å². The molecule has 0 aliphatic heterocycles. The van der Waals surface area contributed by atoms with Crippen molar-refractivity contribution in [2.24, 2.45) is 5.73 Å². The number of carbonyl (C=O) groups is 1. The fraction of sp³-hybridized carbons (Fsp3) is 0. The smallest absolute Gasteiger partial charge is 0.399 e. The summed E-state index contributed by atoms with van der Waals surface area (Å²) in [6, 6.07) is 12.8. The summed E-state index contributed by atoms with van der Waals surface area (Å²) in [5.74, 6) is 0. The van der Waals surface area contributed by atoms with Crippen LogP contribution in [0.25, 0.3) is 10.4 Å². The lowest BCUT2D eigenvalue weighted by atomic mass is 10.1. The van der Waals surface area contributed by atoms with Crippen LogP contribution in [0, 0.1) is 11.3 Å². The molecule has 0 unspecified atom stereocenters. The molecule has 17 heavy (non-hydrogen) atoms. The molecule has 2 N–H and O–H groups in total. The summed E-state index contributed by atoms with van der Waals surface area (Å²) in [5.41, 5.74) is 6.42. The Labute approximate surface area is 102 Å². The van der Waals surface area contributed by atoms with E-state index in [1.54, 1.807) is 18.2 Å². The minimum Gasteiger partial charge on any atom is -0.399 e. The average Bonchev–Trinajstić information content (AvgIpc) is 2.77. The molecular weight excluding hydrogens is 236 g/mol. The zero-order chi connectivity index (χ0) is 12.3. The third kappa shape index (κ3) is 2.62. The summed E-state index contributed by atoms with van der Waals surface area (Å²) in [6.45, 7) is 0. The minimum absolute atomic E-state index is 0.440. The van der Waals surface area contributed by atoms with E-state index in [9.17, 15) is 4.79 Å². The van der Waals surface area contributed by atoms with E-state index in [4.69, 9.17) is 15.7 Å². The van der Waals surface area contributed by atoms with Gasteiger partial charge >= 0.3 is 6.09 Å². The lowest BCUT2D eigenvalue weighted by Gasteiger charge is -1.97. The van der Waals surface area contributed by atoms with Crippen LogP contribution in [0.5, 0.6) is 5.06 Å². The van der Waals surface area contributed by atoms with E-state index in [0.29, 0.717) is 10.6 Å². The number of benzene rings is 1. The maximum absolute atomic E-state index is 10.6. The molecule has 1 aromatic carbocycles.